The molecule has 3 heteroatoms. The van der Waals surface area contributed by atoms with E-state index in [1.165, 1.54) is 6.92 Å². The zero-order valence-electron chi connectivity index (χ0n) is 12.6. The highest BCUT2D eigenvalue weighted by molar-refractivity contribution is 5.97. The number of fused-ring (bicyclic) bond motifs is 3. The second kappa shape index (κ2) is 4.70. The van der Waals surface area contributed by atoms with Gasteiger partial charge >= 0.3 is 0 Å². The lowest BCUT2D eigenvalue weighted by molar-refractivity contribution is 0.101. The Morgan fingerprint density at radius 2 is 2.10 bits per heavy atom. The number of rotatable bonds is 1. The van der Waals surface area contributed by atoms with E-state index in [4.69, 9.17) is 0 Å². The van der Waals surface area contributed by atoms with E-state index in [2.05, 4.69) is 13.5 Å². The number of carbonyl (C=O) groups is 1. The van der Waals surface area contributed by atoms with Crippen molar-refractivity contribution in [3.05, 3.63) is 41.0 Å². The topological polar surface area (TPSA) is 57.5 Å². The maximum Gasteiger partial charge on any atom is 0.163 e. The summed E-state index contributed by atoms with van der Waals surface area (Å²) in [5.74, 6) is 0.210. The van der Waals surface area contributed by atoms with Crippen LogP contribution < -0.4 is 0 Å². The fourth-order valence-electron chi connectivity index (χ4n) is 4.22. The van der Waals surface area contributed by atoms with Gasteiger partial charge < -0.3 is 10.2 Å². The normalized spacial score (nSPS) is 31.5. The molecule has 3 nitrogen and oxygen atoms in total. The molecule has 0 aromatic heterocycles. The number of carbonyl (C=O) groups excluding carboxylic acids is 1. The molecule has 1 fully saturated rings. The fraction of sp³-hybridized carbons (Fsp3) is 0.500. The standard InChI is InChI=1S/C18H22O3/c1-10-14-5-4-12-8-13(11(2)19)17(21)9-15(12)18(14,3)7-6-16(10)20/h8-9,14,16,20-21H,1,4-7H2,2-3H3/t14-,16-,18-/m0/s1. The fourth-order valence-corrected chi connectivity index (χ4v) is 4.22. The van der Waals surface area contributed by atoms with E-state index in [9.17, 15) is 15.0 Å². The van der Waals surface area contributed by atoms with E-state index >= 15 is 0 Å². The summed E-state index contributed by atoms with van der Waals surface area (Å²) in [7, 11) is 0. The first-order valence-corrected chi connectivity index (χ1v) is 7.58. The zero-order chi connectivity index (χ0) is 15.4. The Kier molecular flexibility index (Phi) is 3.21. The van der Waals surface area contributed by atoms with Gasteiger partial charge in [0.1, 0.15) is 5.75 Å². The van der Waals surface area contributed by atoms with Gasteiger partial charge in [0.05, 0.1) is 11.7 Å². The number of phenols is 1. The highest BCUT2D eigenvalue weighted by Gasteiger charge is 2.46. The van der Waals surface area contributed by atoms with Crippen LogP contribution in [-0.2, 0) is 11.8 Å². The van der Waals surface area contributed by atoms with Gasteiger partial charge in [-0.05, 0) is 72.8 Å². The SMILES string of the molecule is C=C1[C@@H](O)CC[C@]2(C)c3cc(O)c(C(C)=O)cc3CC[C@@H]12. The van der Waals surface area contributed by atoms with Crippen molar-refractivity contribution >= 4 is 5.78 Å². The average Bonchev–Trinajstić information content (AvgIpc) is 2.43. The van der Waals surface area contributed by atoms with Crippen molar-refractivity contribution in [2.75, 3.05) is 0 Å². The van der Waals surface area contributed by atoms with Crippen molar-refractivity contribution in [3.8, 4) is 5.75 Å². The van der Waals surface area contributed by atoms with E-state index in [1.807, 2.05) is 6.07 Å². The van der Waals surface area contributed by atoms with Gasteiger partial charge in [0.15, 0.2) is 5.78 Å². The molecule has 112 valence electrons. The molecule has 0 heterocycles. The summed E-state index contributed by atoms with van der Waals surface area (Å²) in [6, 6.07) is 3.62. The van der Waals surface area contributed by atoms with Gasteiger partial charge in [0, 0.05) is 0 Å². The van der Waals surface area contributed by atoms with Crippen molar-refractivity contribution in [1.82, 2.24) is 0 Å². The van der Waals surface area contributed by atoms with Gasteiger partial charge in [-0.25, -0.2) is 0 Å². The Labute approximate surface area is 125 Å². The Morgan fingerprint density at radius 1 is 1.38 bits per heavy atom. The average molecular weight is 286 g/mol. The number of aliphatic hydroxyl groups excluding tert-OH is 1. The minimum atomic E-state index is -0.408. The molecule has 1 saturated carbocycles. The molecular formula is C18H22O3. The largest absolute Gasteiger partial charge is 0.507 e. The van der Waals surface area contributed by atoms with Crippen LogP contribution in [0.5, 0.6) is 5.75 Å². The second-order valence-corrected chi connectivity index (χ2v) is 6.72. The lowest BCUT2D eigenvalue weighted by Gasteiger charge is -2.49. The number of hydrogen-bond donors (Lipinski definition) is 2. The van der Waals surface area contributed by atoms with Gasteiger partial charge in [0.2, 0.25) is 0 Å². The number of hydrogen-bond acceptors (Lipinski definition) is 3. The van der Waals surface area contributed by atoms with Gasteiger partial charge in [0.25, 0.3) is 0 Å². The highest BCUT2D eigenvalue weighted by atomic mass is 16.3. The molecule has 3 rings (SSSR count). The monoisotopic (exact) mass is 286 g/mol. The second-order valence-electron chi connectivity index (χ2n) is 6.72. The van der Waals surface area contributed by atoms with E-state index in [0.29, 0.717) is 12.0 Å². The Hall–Kier alpha value is -1.61. The number of phenolic OH excluding ortho intramolecular Hbond substituents is 1. The van der Waals surface area contributed by atoms with Crippen LogP contribution in [0.4, 0.5) is 0 Å². The molecule has 0 aliphatic heterocycles. The third-order valence-electron chi connectivity index (χ3n) is 5.50. The first kappa shape index (κ1) is 14.3. The molecule has 0 spiro atoms. The highest BCUT2D eigenvalue weighted by Crippen LogP contribution is 2.52. The molecule has 0 radical (unpaired) electrons. The van der Waals surface area contributed by atoms with Crippen LogP contribution in [0, 0.1) is 5.92 Å². The minimum absolute atomic E-state index is 0.0693. The maximum absolute atomic E-state index is 11.6. The molecule has 21 heavy (non-hydrogen) atoms. The van der Waals surface area contributed by atoms with Crippen LogP contribution in [0.2, 0.25) is 0 Å². The van der Waals surface area contributed by atoms with Crippen molar-refractivity contribution < 1.29 is 15.0 Å². The van der Waals surface area contributed by atoms with Crippen molar-refractivity contribution in [1.29, 1.82) is 0 Å². The summed E-state index contributed by atoms with van der Waals surface area (Å²) in [4.78, 5) is 11.6. The van der Waals surface area contributed by atoms with Crippen LogP contribution in [0.15, 0.2) is 24.3 Å². The third kappa shape index (κ3) is 2.03. The molecule has 0 saturated heterocycles. The summed E-state index contributed by atoms with van der Waals surface area (Å²) in [6.07, 6.45) is 2.99. The number of aryl methyl sites for hydroxylation is 1. The van der Waals surface area contributed by atoms with Gasteiger partial charge in [-0.15, -0.1) is 0 Å². The first-order chi connectivity index (χ1) is 9.84. The van der Waals surface area contributed by atoms with Crippen molar-refractivity contribution in [2.24, 2.45) is 5.92 Å². The van der Waals surface area contributed by atoms with Gasteiger partial charge in [-0.2, -0.15) is 0 Å². The number of benzene rings is 1. The molecule has 0 amide bonds. The number of aliphatic hydroxyl groups is 1. The molecule has 3 atom stereocenters. The van der Waals surface area contributed by atoms with Crippen LogP contribution in [0.1, 0.15) is 54.6 Å². The van der Waals surface area contributed by atoms with Crippen molar-refractivity contribution in [2.45, 2.75) is 51.0 Å². The Morgan fingerprint density at radius 3 is 2.76 bits per heavy atom. The molecule has 1 aromatic rings. The van der Waals surface area contributed by atoms with Crippen LogP contribution in [0.25, 0.3) is 0 Å². The quantitative estimate of drug-likeness (QED) is 0.616. The van der Waals surface area contributed by atoms with E-state index in [-0.39, 0.29) is 22.9 Å². The zero-order valence-corrected chi connectivity index (χ0v) is 12.6. The van der Waals surface area contributed by atoms with Gasteiger partial charge in [-0.1, -0.05) is 13.5 Å². The summed E-state index contributed by atoms with van der Waals surface area (Å²) in [5, 5.41) is 20.2. The molecule has 1 aromatic carbocycles. The van der Waals surface area contributed by atoms with E-state index < -0.39 is 6.10 Å². The third-order valence-corrected chi connectivity index (χ3v) is 5.50. The summed E-state index contributed by atoms with van der Waals surface area (Å²) < 4.78 is 0. The van der Waals surface area contributed by atoms with E-state index in [1.54, 1.807) is 6.07 Å². The smallest absolute Gasteiger partial charge is 0.163 e. The van der Waals surface area contributed by atoms with E-state index in [0.717, 1.165) is 36.0 Å². The summed E-state index contributed by atoms with van der Waals surface area (Å²) in [6.45, 7) is 7.77. The summed E-state index contributed by atoms with van der Waals surface area (Å²) in [5.41, 5.74) is 3.50. The molecule has 0 unspecified atom stereocenters. The maximum atomic E-state index is 11.6. The van der Waals surface area contributed by atoms with Crippen LogP contribution >= 0.6 is 0 Å². The lowest BCUT2D eigenvalue weighted by atomic mass is 9.56. The lowest BCUT2D eigenvalue weighted by Crippen LogP contribution is -2.44. The first-order valence-electron chi connectivity index (χ1n) is 7.58. The predicted octanol–water partition coefficient (Wildman–Crippen LogP) is 3.13. The number of ketones is 1. The Balaban J connectivity index is 2.12. The molecular weight excluding hydrogens is 264 g/mol. The minimum Gasteiger partial charge on any atom is -0.507 e. The van der Waals surface area contributed by atoms with Gasteiger partial charge in [-0.3, -0.25) is 4.79 Å². The molecule has 2 aliphatic rings. The number of aromatic hydroxyl groups is 1. The molecule has 2 aliphatic carbocycles. The van der Waals surface area contributed by atoms with Crippen LogP contribution in [0.3, 0.4) is 0 Å². The molecule has 2 N–H and O–H groups in total. The van der Waals surface area contributed by atoms with Crippen molar-refractivity contribution in [3.63, 3.8) is 0 Å². The summed E-state index contributed by atoms with van der Waals surface area (Å²) >= 11 is 0. The van der Waals surface area contributed by atoms with Crippen LogP contribution in [-0.4, -0.2) is 22.1 Å². The molecule has 0 bridgehead atoms. The predicted molar refractivity (Wildman–Crippen MR) is 81.7 cm³/mol. The number of Topliss-reactive ketones (excluding diaryl/α,β-unsaturated/α-hetero) is 1. The Bertz CT molecular complexity index is 632.